The first kappa shape index (κ1) is 14.1. The van der Waals surface area contributed by atoms with Crippen molar-refractivity contribution in [1.82, 2.24) is 14.7 Å². The maximum atomic E-state index is 12.4. The Hall–Kier alpha value is -1.89. The van der Waals surface area contributed by atoms with Crippen molar-refractivity contribution in [2.24, 2.45) is 5.16 Å². The van der Waals surface area contributed by atoms with Crippen molar-refractivity contribution in [1.29, 1.82) is 0 Å². The minimum atomic E-state index is -0.512. The van der Waals surface area contributed by atoms with Crippen LogP contribution < -0.4 is 0 Å². The van der Waals surface area contributed by atoms with Crippen LogP contribution in [0.25, 0.3) is 0 Å². The van der Waals surface area contributed by atoms with Crippen LogP contribution in [0.2, 0.25) is 0 Å². The average Bonchev–Trinajstić information content (AvgIpc) is 3.13. The minimum absolute atomic E-state index is 0.00223. The van der Waals surface area contributed by atoms with Gasteiger partial charge in [0.05, 0.1) is 24.6 Å². The second-order valence-corrected chi connectivity index (χ2v) is 5.26. The topological polar surface area (TPSA) is 69.0 Å². The molecule has 114 valence electrons. The fourth-order valence-corrected chi connectivity index (χ4v) is 2.62. The van der Waals surface area contributed by atoms with Crippen molar-refractivity contribution in [2.75, 3.05) is 26.3 Å². The van der Waals surface area contributed by atoms with E-state index >= 15 is 0 Å². The van der Waals surface area contributed by atoms with Crippen LogP contribution in [0.1, 0.15) is 24.6 Å². The molecule has 3 rings (SSSR count). The van der Waals surface area contributed by atoms with Gasteiger partial charge in [0, 0.05) is 37.8 Å². The predicted molar refractivity (Wildman–Crippen MR) is 76.1 cm³/mol. The molecule has 21 heavy (non-hydrogen) atoms. The number of amides is 1. The van der Waals surface area contributed by atoms with Gasteiger partial charge >= 0.3 is 0 Å². The van der Waals surface area contributed by atoms with E-state index in [9.17, 15) is 4.79 Å². The maximum Gasteiger partial charge on any atom is 0.267 e. The van der Waals surface area contributed by atoms with Gasteiger partial charge in [-0.3, -0.25) is 9.48 Å². The molecule has 0 saturated carbocycles. The second kappa shape index (κ2) is 5.85. The first-order valence-corrected chi connectivity index (χ1v) is 7.32. The Morgan fingerprint density at radius 2 is 2.19 bits per heavy atom. The standard InChI is InChI=1S/C14H20N4O3/c1-3-18-9-11(10(2)15-18)12-8-13(21-16-12)14(19)17-4-6-20-7-5-17/h9,13H,3-8H2,1-2H3/t13-/m0/s1. The van der Waals surface area contributed by atoms with E-state index in [4.69, 9.17) is 9.57 Å². The van der Waals surface area contributed by atoms with Gasteiger partial charge in [-0.2, -0.15) is 5.10 Å². The highest BCUT2D eigenvalue weighted by molar-refractivity contribution is 6.04. The van der Waals surface area contributed by atoms with Crippen molar-refractivity contribution in [3.8, 4) is 0 Å². The van der Waals surface area contributed by atoms with E-state index in [0.717, 1.165) is 23.5 Å². The SMILES string of the molecule is CCn1cc(C2=NO[C@H](C(=O)N3CCOCC3)C2)c(C)n1. The summed E-state index contributed by atoms with van der Waals surface area (Å²) in [6.07, 6.45) is 1.95. The van der Waals surface area contributed by atoms with Crippen molar-refractivity contribution in [2.45, 2.75) is 32.9 Å². The van der Waals surface area contributed by atoms with Crippen molar-refractivity contribution in [3.63, 3.8) is 0 Å². The van der Waals surface area contributed by atoms with Gasteiger partial charge in [0.2, 0.25) is 6.10 Å². The number of morpholine rings is 1. The third-order valence-corrected chi connectivity index (χ3v) is 3.85. The third kappa shape index (κ3) is 2.78. The molecule has 0 radical (unpaired) electrons. The number of carbonyl (C=O) groups is 1. The van der Waals surface area contributed by atoms with Gasteiger partial charge in [0.15, 0.2) is 0 Å². The number of aromatic nitrogens is 2. The molecule has 1 aromatic heterocycles. The van der Waals surface area contributed by atoms with E-state index in [1.54, 1.807) is 4.90 Å². The highest BCUT2D eigenvalue weighted by Crippen LogP contribution is 2.20. The first-order chi connectivity index (χ1) is 10.2. The summed E-state index contributed by atoms with van der Waals surface area (Å²) in [5, 5.41) is 8.50. The Balaban J connectivity index is 1.66. The molecular formula is C14H20N4O3. The number of aryl methyl sites for hydroxylation is 2. The number of ether oxygens (including phenoxy) is 1. The van der Waals surface area contributed by atoms with Crippen LogP contribution in [0, 0.1) is 6.92 Å². The summed E-state index contributed by atoms with van der Waals surface area (Å²) in [7, 11) is 0. The predicted octanol–water partition coefficient (Wildman–Crippen LogP) is 0.563. The van der Waals surface area contributed by atoms with E-state index in [-0.39, 0.29) is 5.91 Å². The Kier molecular flexibility index (Phi) is 3.92. The molecule has 2 aliphatic rings. The molecule has 0 spiro atoms. The van der Waals surface area contributed by atoms with E-state index < -0.39 is 6.10 Å². The summed E-state index contributed by atoms with van der Waals surface area (Å²) in [6.45, 7) is 7.23. The molecule has 3 heterocycles. The maximum absolute atomic E-state index is 12.4. The van der Waals surface area contributed by atoms with Crippen LogP contribution in [-0.4, -0.2) is 58.7 Å². The number of nitrogens with zero attached hydrogens (tertiary/aromatic N) is 4. The molecule has 1 aromatic rings. The molecule has 1 amide bonds. The zero-order valence-electron chi connectivity index (χ0n) is 12.4. The zero-order chi connectivity index (χ0) is 14.8. The Morgan fingerprint density at radius 1 is 1.43 bits per heavy atom. The van der Waals surface area contributed by atoms with Crippen LogP contribution in [0.3, 0.4) is 0 Å². The number of hydrogen-bond donors (Lipinski definition) is 0. The molecule has 0 unspecified atom stereocenters. The molecule has 0 bridgehead atoms. The molecular weight excluding hydrogens is 272 g/mol. The number of oxime groups is 1. The van der Waals surface area contributed by atoms with Crippen LogP contribution in [0.4, 0.5) is 0 Å². The lowest BCUT2D eigenvalue weighted by molar-refractivity contribution is -0.146. The molecule has 7 nitrogen and oxygen atoms in total. The lowest BCUT2D eigenvalue weighted by atomic mass is 10.1. The number of carbonyl (C=O) groups excluding carboxylic acids is 1. The van der Waals surface area contributed by atoms with Crippen LogP contribution in [0.15, 0.2) is 11.4 Å². The fourth-order valence-electron chi connectivity index (χ4n) is 2.62. The van der Waals surface area contributed by atoms with Gasteiger partial charge in [0.1, 0.15) is 0 Å². The van der Waals surface area contributed by atoms with Crippen molar-refractivity contribution in [3.05, 3.63) is 17.5 Å². The summed E-state index contributed by atoms with van der Waals surface area (Å²) in [4.78, 5) is 19.5. The molecule has 0 aromatic carbocycles. The van der Waals surface area contributed by atoms with E-state index in [1.807, 2.05) is 24.7 Å². The van der Waals surface area contributed by atoms with Gasteiger partial charge in [-0.25, -0.2) is 0 Å². The molecule has 2 aliphatic heterocycles. The molecule has 0 N–H and O–H groups in total. The van der Waals surface area contributed by atoms with Gasteiger partial charge in [-0.1, -0.05) is 5.16 Å². The first-order valence-electron chi connectivity index (χ1n) is 7.32. The fraction of sp³-hybridized carbons (Fsp3) is 0.643. The van der Waals surface area contributed by atoms with E-state index in [2.05, 4.69) is 10.3 Å². The van der Waals surface area contributed by atoms with Gasteiger partial charge in [0.25, 0.3) is 5.91 Å². The molecule has 1 atom stereocenters. The zero-order valence-corrected chi connectivity index (χ0v) is 12.4. The summed E-state index contributed by atoms with van der Waals surface area (Å²) >= 11 is 0. The van der Waals surface area contributed by atoms with Crippen LogP contribution in [-0.2, 0) is 20.9 Å². The van der Waals surface area contributed by atoms with E-state index in [1.165, 1.54) is 0 Å². The normalized spacial score (nSPS) is 22.1. The second-order valence-electron chi connectivity index (χ2n) is 5.26. The molecule has 1 fully saturated rings. The van der Waals surface area contributed by atoms with Gasteiger partial charge in [-0.05, 0) is 13.8 Å². The average molecular weight is 292 g/mol. The van der Waals surface area contributed by atoms with Crippen LogP contribution >= 0.6 is 0 Å². The van der Waals surface area contributed by atoms with Crippen molar-refractivity contribution < 1.29 is 14.4 Å². The number of rotatable bonds is 3. The summed E-state index contributed by atoms with van der Waals surface area (Å²) in [5.41, 5.74) is 2.69. The van der Waals surface area contributed by atoms with Crippen LogP contribution in [0.5, 0.6) is 0 Å². The lowest BCUT2D eigenvalue weighted by Gasteiger charge is -2.28. The highest BCUT2D eigenvalue weighted by Gasteiger charge is 2.33. The molecule has 0 aliphatic carbocycles. The molecule has 1 saturated heterocycles. The number of hydrogen-bond acceptors (Lipinski definition) is 5. The largest absolute Gasteiger partial charge is 0.382 e. The highest BCUT2D eigenvalue weighted by atomic mass is 16.6. The smallest absolute Gasteiger partial charge is 0.267 e. The minimum Gasteiger partial charge on any atom is -0.382 e. The van der Waals surface area contributed by atoms with E-state index in [0.29, 0.717) is 32.7 Å². The quantitative estimate of drug-likeness (QED) is 0.816. The van der Waals surface area contributed by atoms with Gasteiger partial charge in [-0.15, -0.1) is 0 Å². The Labute approximate surface area is 123 Å². The third-order valence-electron chi connectivity index (χ3n) is 3.85. The summed E-state index contributed by atoms with van der Waals surface area (Å²) in [6, 6.07) is 0. The van der Waals surface area contributed by atoms with Gasteiger partial charge < -0.3 is 14.5 Å². The summed E-state index contributed by atoms with van der Waals surface area (Å²) in [5.74, 6) is -0.00223. The Bertz CT molecular complexity index is 561. The monoisotopic (exact) mass is 292 g/mol. The van der Waals surface area contributed by atoms with Crippen molar-refractivity contribution >= 4 is 11.6 Å². The lowest BCUT2D eigenvalue weighted by Crippen LogP contribution is -2.45. The molecule has 7 heteroatoms. The summed E-state index contributed by atoms with van der Waals surface area (Å²) < 4.78 is 7.12. The Morgan fingerprint density at radius 3 is 2.86 bits per heavy atom.